The lowest BCUT2D eigenvalue weighted by molar-refractivity contribution is -0.120. The number of para-hydroxylation sites is 2. The number of nitrogens with one attached hydrogen (secondary N) is 1. The summed E-state index contributed by atoms with van der Waals surface area (Å²) in [6, 6.07) is 12.3. The molecule has 0 aromatic heterocycles. The standard InChI is InChI=1S/C19H20N2O5/c1-3-24-16-7-5-4-6-15(16)21(13(2)22)11-19(23)20-14-8-9-17-18(10-14)26-12-25-17/h4-10H,3,11-12H2,1-2H3,(H,20,23). The Bertz CT molecular complexity index is 821. The first-order chi connectivity index (χ1) is 12.6. The third-order valence-corrected chi connectivity index (χ3v) is 3.79. The monoisotopic (exact) mass is 356 g/mol. The molecule has 0 bridgehead atoms. The highest BCUT2D eigenvalue weighted by Gasteiger charge is 2.20. The molecule has 0 saturated carbocycles. The first-order valence-electron chi connectivity index (χ1n) is 8.28. The van der Waals surface area contributed by atoms with Gasteiger partial charge >= 0.3 is 0 Å². The second-order valence-electron chi connectivity index (χ2n) is 5.62. The van der Waals surface area contributed by atoms with E-state index in [4.69, 9.17) is 14.2 Å². The van der Waals surface area contributed by atoms with Crippen LogP contribution >= 0.6 is 0 Å². The fourth-order valence-electron chi connectivity index (χ4n) is 2.64. The fraction of sp³-hybridized carbons (Fsp3) is 0.263. The maximum atomic E-state index is 12.5. The van der Waals surface area contributed by atoms with E-state index in [2.05, 4.69) is 5.32 Å². The highest BCUT2D eigenvalue weighted by atomic mass is 16.7. The highest BCUT2D eigenvalue weighted by Crippen LogP contribution is 2.34. The van der Waals surface area contributed by atoms with Gasteiger partial charge in [0.25, 0.3) is 0 Å². The summed E-state index contributed by atoms with van der Waals surface area (Å²) in [5, 5.41) is 2.77. The summed E-state index contributed by atoms with van der Waals surface area (Å²) in [5.74, 6) is 1.19. The molecule has 0 saturated heterocycles. The van der Waals surface area contributed by atoms with Crippen LogP contribution in [0.25, 0.3) is 0 Å². The minimum absolute atomic E-state index is 0.131. The van der Waals surface area contributed by atoms with Crippen LogP contribution in [-0.4, -0.2) is 31.8 Å². The molecule has 2 aromatic rings. The number of fused-ring (bicyclic) bond motifs is 1. The van der Waals surface area contributed by atoms with E-state index in [1.807, 2.05) is 13.0 Å². The normalized spacial score (nSPS) is 11.8. The van der Waals surface area contributed by atoms with E-state index in [0.717, 1.165) is 0 Å². The van der Waals surface area contributed by atoms with Crippen molar-refractivity contribution in [1.82, 2.24) is 0 Å². The van der Waals surface area contributed by atoms with Crippen LogP contribution in [-0.2, 0) is 9.59 Å². The Morgan fingerprint density at radius 2 is 1.92 bits per heavy atom. The molecular weight excluding hydrogens is 336 g/mol. The van der Waals surface area contributed by atoms with E-state index >= 15 is 0 Å². The van der Waals surface area contributed by atoms with E-state index in [-0.39, 0.29) is 25.2 Å². The van der Waals surface area contributed by atoms with E-state index in [0.29, 0.717) is 35.2 Å². The Morgan fingerprint density at radius 3 is 2.69 bits per heavy atom. The van der Waals surface area contributed by atoms with Gasteiger partial charge in [-0.1, -0.05) is 12.1 Å². The Kier molecular flexibility index (Phi) is 5.26. The smallest absolute Gasteiger partial charge is 0.244 e. The van der Waals surface area contributed by atoms with Crippen molar-refractivity contribution in [2.24, 2.45) is 0 Å². The number of anilines is 2. The molecular formula is C19H20N2O5. The quantitative estimate of drug-likeness (QED) is 0.861. The maximum Gasteiger partial charge on any atom is 0.244 e. The Labute approximate surface area is 151 Å². The van der Waals surface area contributed by atoms with E-state index in [1.54, 1.807) is 36.4 Å². The second-order valence-corrected chi connectivity index (χ2v) is 5.62. The van der Waals surface area contributed by atoms with Crippen LogP contribution in [0.3, 0.4) is 0 Å². The molecule has 0 radical (unpaired) electrons. The Morgan fingerprint density at radius 1 is 1.15 bits per heavy atom. The molecule has 3 rings (SSSR count). The largest absolute Gasteiger partial charge is 0.492 e. The van der Waals surface area contributed by atoms with Crippen LogP contribution in [0.15, 0.2) is 42.5 Å². The molecule has 0 fully saturated rings. The van der Waals surface area contributed by atoms with Crippen molar-refractivity contribution in [3.63, 3.8) is 0 Å². The van der Waals surface area contributed by atoms with Gasteiger partial charge < -0.3 is 19.5 Å². The van der Waals surface area contributed by atoms with Crippen molar-refractivity contribution < 1.29 is 23.8 Å². The number of benzene rings is 2. The van der Waals surface area contributed by atoms with Crippen LogP contribution < -0.4 is 24.4 Å². The first-order valence-corrected chi connectivity index (χ1v) is 8.28. The molecule has 0 atom stereocenters. The molecule has 7 nitrogen and oxygen atoms in total. The summed E-state index contributed by atoms with van der Waals surface area (Å²) < 4.78 is 16.1. The van der Waals surface area contributed by atoms with Crippen LogP contribution in [0.1, 0.15) is 13.8 Å². The lowest BCUT2D eigenvalue weighted by atomic mass is 10.2. The molecule has 26 heavy (non-hydrogen) atoms. The predicted molar refractivity (Wildman–Crippen MR) is 96.8 cm³/mol. The van der Waals surface area contributed by atoms with Crippen molar-refractivity contribution in [3.05, 3.63) is 42.5 Å². The predicted octanol–water partition coefficient (Wildman–Crippen LogP) is 2.81. The molecule has 0 aliphatic carbocycles. The van der Waals surface area contributed by atoms with Crippen LogP contribution in [0, 0.1) is 0 Å². The lowest BCUT2D eigenvalue weighted by Gasteiger charge is -2.23. The van der Waals surface area contributed by atoms with E-state index in [1.165, 1.54) is 11.8 Å². The fourth-order valence-corrected chi connectivity index (χ4v) is 2.64. The van der Waals surface area contributed by atoms with Gasteiger partial charge in [0, 0.05) is 18.7 Å². The van der Waals surface area contributed by atoms with Gasteiger partial charge in [0.1, 0.15) is 12.3 Å². The van der Waals surface area contributed by atoms with E-state index < -0.39 is 0 Å². The van der Waals surface area contributed by atoms with Gasteiger partial charge in [-0.2, -0.15) is 0 Å². The molecule has 1 aliphatic heterocycles. The van der Waals surface area contributed by atoms with Crippen LogP contribution in [0.5, 0.6) is 17.2 Å². The Balaban J connectivity index is 1.74. The summed E-state index contributed by atoms with van der Waals surface area (Å²) in [6.07, 6.45) is 0. The van der Waals surface area contributed by atoms with Gasteiger partial charge in [-0.25, -0.2) is 0 Å². The third-order valence-electron chi connectivity index (χ3n) is 3.79. The number of carbonyl (C=O) groups excluding carboxylic acids is 2. The lowest BCUT2D eigenvalue weighted by Crippen LogP contribution is -2.37. The zero-order chi connectivity index (χ0) is 18.5. The van der Waals surface area contributed by atoms with Gasteiger partial charge in [0.05, 0.1) is 12.3 Å². The molecule has 2 aromatic carbocycles. The van der Waals surface area contributed by atoms with Gasteiger partial charge in [-0.3, -0.25) is 14.5 Å². The molecule has 0 unspecified atom stereocenters. The number of hydrogen-bond acceptors (Lipinski definition) is 5. The molecule has 1 aliphatic rings. The number of carbonyl (C=O) groups is 2. The molecule has 1 heterocycles. The summed E-state index contributed by atoms with van der Waals surface area (Å²) in [6.45, 7) is 3.77. The number of hydrogen-bond donors (Lipinski definition) is 1. The number of nitrogens with zero attached hydrogens (tertiary/aromatic N) is 1. The maximum absolute atomic E-state index is 12.5. The average Bonchev–Trinajstić information content (AvgIpc) is 3.08. The summed E-state index contributed by atoms with van der Waals surface area (Å²) in [5.41, 5.74) is 1.13. The van der Waals surface area contributed by atoms with Crippen LogP contribution in [0.4, 0.5) is 11.4 Å². The Hall–Kier alpha value is -3.22. The summed E-state index contributed by atoms with van der Waals surface area (Å²) in [7, 11) is 0. The van der Waals surface area contributed by atoms with Crippen LogP contribution in [0.2, 0.25) is 0 Å². The zero-order valence-electron chi connectivity index (χ0n) is 14.7. The van der Waals surface area contributed by atoms with Crippen molar-refractivity contribution in [2.75, 3.05) is 30.2 Å². The van der Waals surface area contributed by atoms with Gasteiger partial charge in [0.2, 0.25) is 18.6 Å². The number of rotatable bonds is 6. The molecule has 2 amide bonds. The minimum Gasteiger partial charge on any atom is -0.492 e. The van der Waals surface area contributed by atoms with Gasteiger partial charge in [-0.15, -0.1) is 0 Å². The summed E-state index contributed by atoms with van der Waals surface area (Å²) in [4.78, 5) is 25.9. The van der Waals surface area contributed by atoms with E-state index in [9.17, 15) is 9.59 Å². The van der Waals surface area contributed by atoms with Crippen molar-refractivity contribution in [3.8, 4) is 17.2 Å². The molecule has 136 valence electrons. The third kappa shape index (κ3) is 3.88. The van der Waals surface area contributed by atoms with Crippen molar-refractivity contribution >= 4 is 23.2 Å². The zero-order valence-corrected chi connectivity index (χ0v) is 14.7. The van der Waals surface area contributed by atoms with Gasteiger partial charge in [0.15, 0.2) is 11.5 Å². The summed E-state index contributed by atoms with van der Waals surface area (Å²) >= 11 is 0. The van der Waals surface area contributed by atoms with Gasteiger partial charge in [-0.05, 0) is 31.2 Å². The van der Waals surface area contributed by atoms with Crippen molar-refractivity contribution in [1.29, 1.82) is 0 Å². The molecule has 1 N–H and O–H groups in total. The van der Waals surface area contributed by atoms with Crippen molar-refractivity contribution in [2.45, 2.75) is 13.8 Å². The topological polar surface area (TPSA) is 77.1 Å². The SMILES string of the molecule is CCOc1ccccc1N(CC(=O)Nc1ccc2c(c1)OCO2)C(C)=O. The number of amides is 2. The second kappa shape index (κ2) is 7.77. The average molecular weight is 356 g/mol. The number of ether oxygens (including phenoxy) is 3. The highest BCUT2D eigenvalue weighted by molar-refractivity contribution is 6.02. The molecule has 7 heteroatoms. The molecule has 0 spiro atoms. The first kappa shape index (κ1) is 17.6. The minimum atomic E-state index is -0.328.